The maximum atomic E-state index is 13.8. The maximum absolute atomic E-state index is 13.8. The molecule has 3 amide bonds. The highest BCUT2D eigenvalue weighted by molar-refractivity contribution is 5.97. The highest BCUT2D eigenvalue weighted by Gasteiger charge is 2.35. The zero-order chi connectivity index (χ0) is 47.4. The minimum absolute atomic E-state index is 0.126. The van der Waals surface area contributed by atoms with Gasteiger partial charge in [-0.15, -0.1) is 0 Å². The number of carbonyl (C=O) groups is 6. The molecule has 0 fully saturated rings. The number of aliphatic hydroxyl groups is 2. The molecular formula is C46H76N6O12. The molecular weight excluding hydrogens is 829 g/mol. The van der Waals surface area contributed by atoms with Gasteiger partial charge >= 0.3 is 0 Å². The molecule has 0 aliphatic carbocycles. The molecule has 0 radical (unpaired) electrons. The van der Waals surface area contributed by atoms with Crippen LogP contribution in [-0.2, 0) is 54.1 Å². The number of carbonyl (C=O) groups excluding carboxylic acids is 6. The lowest BCUT2D eigenvalue weighted by Crippen LogP contribution is -2.51. The first-order valence-electron chi connectivity index (χ1n) is 22.7. The Labute approximate surface area is 378 Å². The van der Waals surface area contributed by atoms with Crippen LogP contribution in [0.2, 0.25) is 0 Å². The Balaban J connectivity index is 1.93. The van der Waals surface area contributed by atoms with Gasteiger partial charge in [0.1, 0.15) is 6.61 Å². The van der Waals surface area contributed by atoms with Crippen LogP contribution >= 0.6 is 0 Å². The molecule has 0 saturated carbocycles. The minimum Gasteiger partial charge on any atom is -0.396 e. The Kier molecular flexibility index (Phi) is 27.7. The second-order valence-corrected chi connectivity index (χ2v) is 16.6. The lowest BCUT2D eigenvalue weighted by Gasteiger charge is -2.27. The largest absolute Gasteiger partial charge is 0.396 e. The van der Waals surface area contributed by atoms with Crippen LogP contribution in [0.1, 0.15) is 85.6 Å². The van der Waals surface area contributed by atoms with Crippen molar-refractivity contribution in [1.29, 1.82) is 0 Å². The topological polar surface area (TPSA) is 270 Å². The number of nitrogens with two attached hydrogens (primary N) is 1. The summed E-state index contributed by atoms with van der Waals surface area (Å²) in [5.41, 5.74) is 7.36. The molecule has 9 N–H and O–H groups in total. The summed E-state index contributed by atoms with van der Waals surface area (Å²) in [4.78, 5) is 83.5. The number of fused-ring (bicyclic) bond motifs is 1. The summed E-state index contributed by atoms with van der Waals surface area (Å²) in [6, 6.07) is 4.94. The molecule has 362 valence electrons. The number of unbranched alkanes of at least 4 members (excludes halogenated alkanes) is 1. The Hall–Kier alpha value is -4.14. The predicted molar refractivity (Wildman–Crippen MR) is 242 cm³/mol. The van der Waals surface area contributed by atoms with Crippen molar-refractivity contribution in [2.45, 2.75) is 117 Å². The molecule has 0 aliphatic rings. The van der Waals surface area contributed by atoms with Gasteiger partial charge < -0.3 is 61.1 Å². The van der Waals surface area contributed by atoms with Crippen LogP contribution in [0, 0.1) is 17.8 Å². The summed E-state index contributed by atoms with van der Waals surface area (Å²) in [5, 5.41) is 33.2. The number of aromatic amines is 1. The molecule has 1 aromatic heterocycles. The number of aliphatic hydroxyl groups excluding tert-OH is 2. The third-order valence-corrected chi connectivity index (χ3v) is 10.7. The standard InChI is InChI=1S/C46H76N6O12/c1-7-40(55)39(24-33-27-49-37-13-9-8-12-35(33)37)51-46(60)36(32(6)54)26-42(57)44(30(2)3)52-45(59)34(28-53)25-41(56)38(14-10-11-15-47)50-43(58)29-64-23-22-63-21-20-62-19-18-61-17-16-48-31(4)5/h8-9,12-13,27,30-32,34,36,38-39,44,48-49,53-54H,7,10-11,14-26,28-29,47H2,1-6H3,(H,50,58)(H,51,60)(H,52,59)/t32-,34+,36+,38+,39+,44+/m1/s1. The van der Waals surface area contributed by atoms with Crippen LogP contribution in [-0.4, -0.2) is 153 Å². The number of amides is 3. The van der Waals surface area contributed by atoms with Crippen molar-refractivity contribution in [1.82, 2.24) is 26.3 Å². The first-order valence-corrected chi connectivity index (χ1v) is 22.7. The van der Waals surface area contributed by atoms with Gasteiger partial charge in [-0.1, -0.05) is 52.8 Å². The Morgan fingerprint density at radius 3 is 1.98 bits per heavy atom. The molecule has 0 unspecified atom stereocenters. The van der Waals surface area contributed by atoms with Crippen LogP contribution < -0.4 is 27.0 Å². The van der Waals surface area contributed by atoms with Gasteiger partial charge in [-0.25, -0.2) is 0 Å². The smallest absolute Gasteiger partial charge is 0.246 e. The van der Waals surface area contributed by atoms with Gasteiger partial charge in [0.25, 0.3) is 0 Å². The van der Waals surface area contributed by atoms with Crippen molar-refractivity contribution in [2.24, 2.45) is 23.5 Å². The lowest BCUT2D eigenvalue weighted by atomic mass is 9.88. The van der Waals surface area contributed by atoms with E-state index < -0.39 is 90.7 Å². The van der Waals surface area contributed by atoms with E-state index in [2.05, 4.69) is 40.1 Å². The third-order valence-electron chi connectivity index (χ3n) is 10.7. The fourth-order valence-electron chi connectivity index (χ4n) is 6.92. The van der Waals surface area contributed by atoms with Gasteiger partial charge in [0, 0.05) is 55.4 Å². The number of ketones is 3. The van der Waals surface area contributed by atoms with Crippen LogP contribution in [0.3, 0.4) is 0 Å². The maximum Gasteiger partial charge on any atom is 0.246 e. The number of para-hydroxylation sites is 1. The van der Waals surface area contributed by atoms with E-state index in [1.54, 1.807) is 27.0 Å². The summed E-state index contributed by atoms with van der Waals surface area (Å²) in [6.07, 6.45) is 1.30. The molecule has 0 bridgehead atoms. The van der Waals surface area contributed by atoms with Crippen molar-refractivity contribution in [3.63, 3.8) is 0 Å². The molecule has 2 rings (SSSR count). The van der Waals surface area contributed by atoms with E-state index in [1.165, 1.54) is 6.92 Å². The van der Waals surface area contributed by atoms with Crippen molar-refractivity contribution in [3.05, 3.63) is 36.0 Å². The molecule has 6 atom stereocenters. The number of Topliss-reactive ketones (excluding diaryl/α,β-unsaturated/α-hetero) is 3. The SMILES string of the molecule is CCC(=O)[C@H](Cc1c[nH]c2ccccc12)NC(=O)[C@@H](CC(=O)[C@@H](NC(=O)[C@H](CO)CC(=O)[C@H](CCCCN)NC(=O)COCCOCCOCCOCCNC(C)C)C(C)C)[C@@H](C)O. The molecule has 2 aromatic rings. The van der Waals surface area contributed by atoms with Gasteiger partial charge in [-0.3, -0.25) is 28.8 Å². The van der Waals surface area contributed by atoms with E-state index in [4.69, 9.17) is 24.7 Å². The fourth-order valence-corrected chi connectivity index (χ4v) is 6.92. The van der Waals surface area contributed by atoms with Crippen molar-refractivity contribution in [3.8, 4) is 0 Å². The van der Waals surface area contributed by atoms with E-state index in [-0.39, 0.29) is 44.9 Å². The van der Waals surface area contributed by atoms with Crippen LogP contribution in [0.15, 0.2) is 30.5 Å². The summed E-state index contributed by atoms with van der Waals surface area (Å²) in [6.45, 7) is 13.3. The molecule has 1 aromatic carbocycles. The van der Waals surface area contributed by atoms with E-state index >= 15 is 0 Å². The minimum atomic E-state index is -1.28. The first kappa shape index (κ1) is 56.0. The van der Waals surface area contributed by atoms with Gasteiger partial charge in [0.05, 0.1) is 88.9 Å². The quantitative estimate of drug-likeness (QED) is 0.0447. The number of ether oxygens (including phenoxy) is 4. The van der Waals surface area contributed by atoms with Gasteiger partial charge in [0.15, 0.2) is 17.3 Å². The molecule has 0 saturated heterocycles. The van der Waals surface area contributed by atoms with Gasteiger partial charge in [0.2, 0.25) is 17.7 Å². The second-order valence-electron chi connectivity index (χ2n) is 16.6. The molecule has 0 aliphatic heterocycles. The number of H-pyrrole nitrogens is 1. The predicted octanol–water partition coefficient (Wildman–Crippen LogP) is 1.52. The van der Waals surface area contributed by atoms with Crippen molar-refractivity contribution >= 4 is 46.0 Å². The lowest BCUT2D eigenvalue weighted by molar-refractivity contribution is -0.138. The Morgan fingerprint density at radius 2 is 1.39 bits per heavy atom. The number of benzene rings is 1. The number of hydrogen-bond acceptors (Lipinski definition) is 14. The average molecular weight is 905 g/mol. The normalized spacial score (nSPS) is 14.5. The first-order chi connectivity index (χ1) is 30.6. The number of rotatable bonds is 37. The van der Waals surface area contributed by atoms with Crippen LogP contribution in [0.5, 0.6) is 0 Å². The third kappa shape index (κ3) is 21.2. The summed E-state index contributed by atoms with van der Waals surface area (Å²) in [7, 11) is 0. The molecule has 64 heavy (non-hydrogen) atoms. The number of nitrogens with one attached hydrogen (secondary N) is 5. The average Bonchev–Trinajstić information content (AvgIpc) is 3.67. The van der Waals surface area contributed by atoms with Crippen LogP contribution in [0.25, 0.3) is 10.9 Å². The van der Waals surface area contributed by atoms with E-state index in [0.29, 0.717) is 58.5 Å². The van der Waals surface area contributed by atoms with E-state index in [1.807, 2.05) is 24.3 Å². The van der Waals surface area contributed by atoms with E-state index in [9.17, 15) is 39.0 Å². The number of aromatic nitrogens is 1. The van der Waals surface area contributed by atoms with E-state index in [0.717, 1.165) is 23.0 Å². The van der Waals surface area contributed by atoms with Gasteiger partial charge in [-0.05, 0) is 50.3 Å². The van der Waals surface area contributed by atoms with Gasteiger partial charge in [-0.2, -0.15) is 0 Å². The molecule has 0 spiro atoms. The Morgan fingerprint density at radius 1 is 0.750 bits per heavy atom. The zero-order valence-corrected chi connectivity index (χ0v) is 38.8. The van der Waals surface area contributed by atoms with Crippen molar-refractivity contribution in [2.75, 3.05) is 72.6 Å². The summed E-state index contributed by atoms with van der Waals surface area (Å²) < 4.78 is 21.9. The highest BCUT2D eigenvalue weighted by atomic mass is 16.6. The Bertz CT molecular complexity index is 1700. The van der Waals surface area contributed by atoms with Crippen molar-refractivity contribution < 1.29 is 57.9 Å². The van der Waals surface area contributed by atoms with Crippen LogP contribution in [0.4, 0.5) is 0 Å². The monoisotopic (exact) mass is 905 g/mol. The second kappa shape index (κ2) is 31.7. The fraction of sp³-hybridized carbons (Fsp3) is 0.696. The zero-order valence-electron chi connectivity index (χ0n) is 38.8. The molecule has 18 nitrogen and oxygen atoms in total. The summed E-state index contributed by atoms with van der Waals surface area (Å²) >= 11 is 0. The summed E-state index contributed by atoms with van der Waals surface area (Å²) in [5.74, 6) is -6.25. The molecule has 18 heteroatoms. The molecule has 1 heterocycles. The highest BCUT2D eigenvalue weighted by Crippen LogP contribution is 2.21. The number of hydrogen-bond donors (Lipinski definition) is 8.